The van der Waals surface area contributed by atoms with Gasteiger partial charge in [-0.2, -0.15) is 0 Å². The van der Waals surface area contributed by atoms with Gasteiger partial charge in [0.25, 0.3) is 5.91 Å². The van der Waals surface area contributed by atoms with Gasteiger partial charge in [-0.05, 0) is 19.1 Å². The molecule has 4 nitrogen and oxygen atoms in total. The molecular weight excluding hydrogens is 234 g/mol. The molecule has 0 saturated heterocycles. The number of aryl methyl sites for hydroxylation is 1. The molecule has 0 aliphatic heterocycles. The highest BCUT2D eigenvalue weighted by atomic mass is 32.1. The molecule has 17 heavy (non-hydrogen) atoms. The topological polar surface area (TPSA) is 68.0 Å². The fraction of sp³-hybridized carbons (Fsp3) is 0.417. The minimum absolute atomic E-state index is 0.139. The van der Waals surface area contributed by atoms with Crippen molar-refractivity contribution in [2.24, 2.45) is 11.1 Å². The molecule has 0 unspecified atom stereocenters. The lowest BCUT2D eigenvalue weighted by Crippen LogP contribution is -2.41. The number of thiocarbonyl (C=S) groups is 1. The number of carbonyl (C=O) groups is 1. The largest absolute Gasteiger partial charge is 0.393 e. The van der Waals surface area contributed by atoms with Gasteiger partial charge in [0.05, 0.1) is 4.99 Å². The minimum Gasteiger partial charge on any atom is -0.393 e. The third-order valence-corrected chi connectivity index (χ3v) is 3.07. The highest BCUT2D eigenvalue weighted by Gasteiger charge is 2.22. The van der Waals surface area contributed by atoms with E-state index in [1.54, 1.807) is 18.3 Å². The van der Waals surface area contributed by atoms with Crippen LogP contribution in [0.2, 0.25) is 0 Å². The van der Waals surface area contributed by atoms with Crippen molar-refractivity contribution in [2.75, 3.05) is 6.54 Å². The third-order valence-electron chi connectivity index (χ3n) is 2.52. The number of carbonyl (C=O) groups excluding carboxylic acids is 1. The molecule has 1 aromatic heterocycles. The summed E-state index contributed by atoms with van der Waals surface area (Å²) in [6, 6.07) is 3.42. The number of hydrogen-bond donors (Lipinski definition) is 2. The van der Waals surface area contributed by atoms with Gasteiger partial charge < -0.3 is 11.1 Å². The van der Waals surface area contributed by atoms with Gasteiger partial charge in [-0.1, -0.05) is 26.1 Å². The summed E-state index contributed by atoms with van der Waals surface area (Å²) < 4.78 is 0. The molecule has 0 aliphatic rings. The molecule has 92 valence electrons. The van der Waals surface area contributed by atoms with Crippen LogP contribution in [-0.4, -0.2) is 22.4 Å². The Morgan fingerprint density at radius 2 is 2.24 bits per heavy atom. The van der Waals surface area contributed by atoms with Crippen LogP contribution in [0.1, 0.15) is 29.9 Å². The number of nitrogens with two attached hydrogens (primary N) is 1. The van der Waals surface area contributed by atoms with Gasteiger partial charge in [-0.3, -0.25) is 9.78 Å². The molecule has 1 amide bonds. The molecule has 0 aliphatic carbocycles. The normalized spacial score (nSPS) is 11.0. The molecule has 1 aromatic rings. The zero-order chi connectivity index (χ0) is 13.1. The Hall–Kier alpha value is -1.49. The Morgan fingerprint density at radius 1 is 1.59 bits per heavy atom. The van der Waals surface area contributed by atoms with Crippen molar-refractivity contribution in [2.45, 2.75) is 20.8 Å². The quantitative estimate of drug-likeness (QED) is 0.794. The third kappa shape index (κ3) is 3.78. The first kappa shape index (κ1) is 13.6. The van der Waals surface area contributed by atoms with Crippen LogP contribution < -0.4 is 11.1 Å². The first-order chi connectivity index (χ1) is 7.83. The lowest BCUT2D eigenvalue weighted by Gasteiger charge is -2.23. The Balaban J connectivity index is 2.65. The molecular formula is C12H17N3OS. The lowest BCUT2D eigenvalue weighted by atomic mass is 9.93. The lowest BCUT2D eigenvalue weighted by molar-refractivity contribution is 0.0945. The van der Waals surface area contributed by atoms with E-state index in [-0.39, 0.29) is 11.3 Å². The summed E-state index contributed by atoms with van der Waals surface area (Å²) in [6.45, 7) is 6.05. The molecule has 0 spiro atoms. The second kappa shape index (κ2) is 5.23. The van der Waals surface area contributed by atoms with Crippen molar-refractivity contribution in [1.82, 2.24) is 10.3 Å². The summed E-state index contributed by atoms with van der Waals surface area (Å²) in [7, 11) is 0. The van der Waals surface area contributed by atoms with E-state index in [1.165, 1.54) is 0 Å². The van der Waals surface area contributed by atoms with Gasteiger partial charge in [0.15, 0.2) is 0 Å². The molecule has 0 radical (unpaired) electrons. The van der Waals surface area contributed by atoms with Gasteiger partial charge in [-0.25, -0.2) is 0 Å². The van der Waals surface area contributed by atoms with Crippen LogP contribution in [0.25, 0.3) is 0 Å². The predicted molar refractivity (Wildman–Crippen MR) is 71.9 cm³/mol. The van der Waals surface area contributed by atoms with Crippen LogP contribution >= 0.6 is 12.2 Å². The molecule has 0 aromatic carbocycles. The number of nitrogens with one attached hydrogen (secondary N) is 1. The maximum atomic E-state index is 11.8. The standard InChI is InChI=1S/C12H17N3OS/c1-8-6-9(4-5-14-8)10(16)15-7-12(2,3)11(13)17/h4-6H,7H2,1-3H3,(H2,13,17)(H,15,16). The first-order valence-electron chi connectivity index (χ1n) is 5.34. The van der Waals surface area contributed by atoms with Gasteiger partial charge in [-0.15, -0.1) is 0 Å². The SMILES string of the molecule is Cc1cc(C(=O)NCC(C)(C)C(N)=S)ccn1. The van der Waals surface area contributed by atoms with Crippen molar-refractivity contribution >= 4 is 23.1 Å². The number of nitrogens with zero attached hydrogens (tertiary/aromatic N) is 1. The van der Waals surface area contributed by atoms with E-state index in [2.05, 4.69) is 10.3 Å². The highest BCUT2D eigenvalue weighted by molar-refractivity contribution is 7.80. The Morgan fingerprint density at radius 3 is 2.76 bits per heavy atom. The fourth-order valence-electron chi connectivity index (χ4n) is 1.18. The van der Waals surface area contributed by atoms with Crippen molar-refractivity contribution in [1.29, 1.82) is 0 Å². The zero-order valence-corrected chi connectivity index (χ0v) is 11.1. The Labute approximate surface area is 107 Å². The molecule has 3 N–H and O–H groups in total. The predicted octanol–water partition coefficient (Wildman–Crippen LogP) is 1.43. The summed E-state index contributed by atoms with van der Waals surface area (Å²) in [5, 5.41) is 2.81. The van der Waals surface area contributed by atoms with E-state index in [1.807, 2.05) is 20.8 Å². The summed E-state index contributed by atoms with van der Waals surface area (Å²) >= 11 is 4.94. The first-order valence-corrected chi connectivity index (χ1v) is 5.74. The maximum Gasteiger partial charge on any atom is 0.251 e. The summed E-state index contributed by atoms with van der Waals surface area (Å²) in [5.41, 5.74) is 6.61. The number of amides is 1. The van der Waals surface area contributed by atoms with Crippen LogP contribution in [0.15, 0.2) is 18.3 Å². The molecule has 0 atom stereocenters. The summed E-state index contributed by atoms with van der Waals surface area (Å²) in [5.74, 6) is -0.139. The average molecular weight is 251 g/mol. The van der Waals surface area contributed by atoms with Crippen LogP contribution in [-0.2, 0) is 0 Å². The van der Waals surface area contributed by atoms with E-state index in [9.17, 15) is 4.79 Å². The van der Waals surface area contributed by atoms with Crippen LogP contribution in [0.3, 0.4) is 0 Å². The van der Waals surface area contributed by atoms with Gasteiger partial charge in [0.2, 0.25) is 0 Å². The smallest absolute Gasteiger partial charge is 0.251 e. The second-order valence-corrected chi connectivity index (χ2v) is 5.06. The minimum atomic E-state index is -0.382. The van der Waals surface area contributed by atoms with E-state index in [0.29, 0.717) is 17.1 Å². The number of pyridine rings is 1. The number of aromatic nitrogens is 1. The van der Waals surface area contributed by atoms with Gasteiger partial charge in [0, 0.05) is 29.4 Å². The van der Waals surface area contributed by atoms with Gasteiger partial charge in [0.1, 0.15) is 0 Å². The average Bonchev–Trinajstić information content (AvgIpc) is 2.25. The number of hydrogen-bond acceptors (Lipinski definition) is 3. The van der Waals surface area contributed by atoms with E-state index >= 15 is 0 Å². The number of rotatable bonds is 4. The van der Waals surface area contributed by atoms with Crippen molar-refractivity contribution in [3.63, 3.8) is 0 Å². The summed E-state index contributed by atoms with van der Waals surface area (Å²) in [4.78, 5) is 16.3. The van der Waals surface area contributed by atoms with Crippen LogP contribution in [0.4, 0.5) is 0 Å². The molecule has 0 fully saturated rings. The Kier molecular flexibility index (Phi) is 4.17. The second-order valence-electron chi connectivity index (χ2n) is 4.62. The van der Waals surface area contributed by atoms with E-state index in [4.69, 9.17) is 18.0 Å². The van der Waals surface area contributed by atoms with E-state index in [0.717, 1.165) is 5.69 Å². The molecule has 0 bridgehead atoms. The monoisotopic (exact) mass is 251 g/mol. The highest BCUT2D eigenvalue weighted by Crippen LogP contribution is 2.13. The van der Waals surface area contributed by atoms with Crippen molar-refractivity contribution in [3.8, 4) is 0 Å². The van der Waals surface area contributed by atoms with Crippen LogP contribution in [0.5, 0.6) is 0 Å². The molecule has 1 rings (SSSR count). The molecule has 1 heterocycles. The van der Waals surface area contributed by atoms with Crippen molar-refractivity contribution < 1.29 is 4.79 Å². The van der Waals surface area contributed by atoms with Crippen LogP contribution in [0, 0.1) is 12.3 Å². The van der Waals surface area contributed by atoms with Crippen molar-refractivity contribution in [3.05, 3.63) is 29.6 Å². The zero-order valence-electron chi connectivity index (χ0n) is 10.3. The Bertz CT molecular complexity index is 443. The van der Waals surface area contributed by atoms with E-state index < -0.39 is 0 Å². The van der Waals surface area contributed by atoms with Gasteiger partial charge >= 0.3 is 0 Å². The molecule has 5 heteroatoms. The summed E-state index contributed by atoms with van der Waals surface area (Å²) in [6.07, 6.45) is 1.61. The fourth-order valence-corrected chi connectivity index (χ4v) is 1.25. The molecule has 0 saturated carbocycles. The maximum absolute atomic E-state index is 11.8.